The van der Waals surface area contributed by atoms with Gasteiger partial charge in [-0.25, -0.2) is 0 Å². The van der Waals surface area contributed by atoms with Gasteiger partial charge in [-0.15, -0.1) is 0 Å². The van der Waals surface area contributed by atoms with Gasteiger partial charge in [-0.05, 0) is 42.0 Å². The van der Waals surface area contributed by atoms with E-state index in [1.807, 2.05) is 0 Å². The molecule has 1 nitrogen and oxygen atoms in total. The van der Waals surface area contributed by atoms with Crippen LogP contribution in [0.25, 0.3) is 0 Å². The van der Waals surface area contributed by atoms with Crippen LogP contribution in [0, 0.1) is 0 Å². The van der Waals surface area contributed by atoms with E-state index in [0.29, 0.717) is 0 Å². The van der Waals surface area contributed by atoms with Crippen molar-refractivity contribution in [1.82, 2.24) is 0 Å². The van der Waals surface area contributed by atoms with Crippen LogP contribution in [0.3, 0.4) is 0 Å². The molecule has 0 heterocycles. The van der Waals surface area contributed by atoms with E-state index in [9.17, 15) is 0 Å². The minimum atomic E-state index is 0.234. The first-order valence-corrected chi connectivity index (χ1v) is 5.93. The summed E-state index contributed by atoms with van der Waals surface area (Å²) in [7, 11) is 0. The fraction of sp³-hybridized carbons (Fsp3) is 0.500. The first-order valence-electron chi connectivity index (χ1n) is 5.14. The lowest BCUT2D eigenvalue weighted by atomic mass is 9.95. The number of hydrogen-bond acceptors (Lipinski definition) is 1. The maximum Gasteiger partial charge on any atom is 0.0471 e. The first kappa shape index (κ1) is 11.7. The fourth-order valence-corrected chi connectivity index (χ4v) is 2.54. The maximum absolute atomic E-state index is 8.96. The van der Waals surface area contributed by atoms with Crippen molar-refractivity contribution in [3.8, 4) is 0 Å². The molecule has 0 aromatic heterocycles. The highest BCUT2D eigenvalue weighted by Gasteiger charge is 2.08. The molecule has 0 aliphatic heterocycles. The number of benzene rings is 1. The normalized spacial score (nSPS) is 10.6. The molecule has 0 unspecified atom stereocenters. The van der Waals surface area contributed by atoms with Crippen molar-refractivity contribution in [3.63, 3.8) is 0 Å². The van der Waals surface area contributed by atoms with Gasteiger partial charge in [0.15, 0.2) is 0 Å². The van der Waals surface area contributed by atoms with Gasteiger partial charge in [0, 0.05) is 11.1 Å². The summed E-state index contributed by atoms with van der Waals surface area (Å²) >= 11 is 3.57. The average Bonchev–Trinajstić information content (AvgIpc) is 2.20. The van der Waals surface area contributed by atoms with Crippen LogP contribution >= 0.6 is 15.9 Å². The van der Waals surface area contributed by atoms with Gasteiger partial charge in [-0.2, -0.15) is 0 Å². The molecule has 1 N–H and O–H groups in total. The van der Waals surface area contributed by atoms with Crippen molar-refractivity contribution in [2.75, 3.05) is 6.61 Å². The third kappa shape index (κ3) is 2.37. The maximum atomic E-state index is 8.96. The monoisotopic (exact) mass is 256 g/mol. The Labute approximate surface area is 94.3 Å². The first-order chi connectivity index (χ1) is 6.74. The molecule has 0 aliphatic rings. The Balaban J connectivity index is 3.18. The number of hydrogen-bond donors (Lipinski definition) is 1. The molecule has 78 valence electrons. The van der Waals surface area contributed by atoms with Gasteiger partial charge in [-0.3, -0.25) is 0 Å². The van der Waals surface area contributed by atoms with Crippen LogP contribution in [0.1, 0.15) is 30.5 Å². The van der Waals surface area contributed by atoms with Crippen molar-refractivity contribution < 1.29 is 5.11 Å². The third-order valence-electron chi connectivity index (χ3n) is 2.56. The standard InChI is InChI=1S/C12H17BrO/c1-3-10-9(7-8-14)5-6-12(13)11(10)4-2/h5-6,14H,3-4,7-8H2,1-2H3. The van der Waals surface area contributed by atoms with E-state index in [0.717, 1.165) is 19.3 Å². The second-order valence-corrected chi connectivity index (χ2v) is 4.20. The lowest BCUT2D eigenvalue weighted by molar-refractivity contribution is 0.299. The minimum absolute atomic E-state index is 0.234. The SMILES string of the molecule is CCc1c(Br)ccc(CCO)c1CC. The Morgan fingerprint density at radius 3 is 2.29 bits per heavy atom. The summed E-state index contributed by atoms with van der Waals surface area (Å²) in [5.74, 6) is 0. The topological polar surface area (TPSA) is 20.2 Å². The van der Waals surface area contributed by atoms with E-state index in [-0.39, 0.29) is 6.61 Å². The Bertz CT molecular complexity index is 307. The highest BCUT2D eigenvalue weighted by Crippen LogP contribution is 2.25. The van der Waals surface area contributed by atoms with Gasteiger partial charge >= 0.3 is 0 Å². The summed E-state index contributed by atoms with van der Waals surface area (Å²) in [6.45, 7) is 4.57. The molecule has 1 aromatic rings. The van der Waals surface area contributed by atoms with Gasteiger partial charge in [0.25, 0.3) is 0 Å². The molecule has 14 heavy (non-hydrogen) atoms. The van der Waals surface area contributed by atoms with Crippen LogP contribution < -0.4 is 0 Å². The Kier molecular flexibility index (Phi) is 4.63. The van der Waals surface area contributed by atoms with E-state index < -0.39 is 0 Å². The van der Waals surface area contributed by atoms with E-state index in [4.69, 9.17) is 5.11 Å². The van der Waals surface area contributed by atoms with Crippen LogP contribution in [0.15, 0.2) is 16.6 Å². The molecule has 0 saturated heterocycles. The Morgan fingerprint density at radius 1 is 1.14 bits per heavy atom. The molecule has 1 rings (SSSR count). The van der Waals surface area contributed by atoms with Gasteiger partial charge in [0.05, 0.1) is 0 Å². The molecule has 0 spiro atoms. The number of aliphatic hydroxyl groups is 1. The molecule has 0 amide bonds. The van der Waals surface area contributed by atoms with E-state index in [2.05, 4.69) is 41.9 Å². The molecule has 0 radical (unpaired) electrons. The van der Waals surface area contributed by atoms with E-state index in [1.54, 1.807) is 0 Å². The Morgan fingerprint density at radius 2 is 1.79 bits per heavy atom. The van der Waals surface area contributed by atoms with Gasteiger partial charge in [0.2, 0.25) is 0 Å². The zero-order chi connectivity index (χ0) is 10.6. The fourth-order valence-electron chi connectivity index (χ4n) is 1.89. The average molecular weight is 257 g/mol. The minimum Gasteiger partial charge on any atom is -0.396 e. The number of aliphatic hydroxyl groups excluding tert-OH is 1. The summed E-state index contributed by atoms with van der Waals surface area (Å²) in [6.07, 6.45) is 2.85. The lowest BCUT2D eigenvalue weighted by Crippen LogP contribution is -2.01. The second-order valence-electron chi connectivity index (χ2n) is 3.34. The molecular formula is C12H17BrO. The van der Waals surface area contributed by atoms with Gasteiger partial charge < -0.3 is 5.11 Å². The number of halogens is 1. The quantitative estimate of drug-likeness (QED) is 0.878. The lowest BCUT2D eigenvalue weighted by Gasteiger charge is -2.13. The van der Waals surface area contributed by atoms with Crippen LogP contribution in [0.2, 0.25) is 0 Å². The van der Waals surface area contributed by atoms with Crippen molar-refractivity contribution >= 4 is 15.9 Å². The molecule has 0 bridgehead atoms. The summed E-state index contributed by atoms with van der Waals surface area (Å²) in [5, 5.41) is 8.96. The van der Waals surface area contributed by atoms with Crippen molar-refractivity contribution in [2.45, 2.75) is 33.1 Å². The van der Waals surface area contributed by atoms with Crippen molar-refractivity contribution in [2.24, 2.45) is 0 Å². The largest absolute Gasteiger partial charge is 0.396 e. The summed E-state index contributed by atoms with van der Waals surface area (Å²) in [5.41, 5.74) is 4.07. The third-order valence-corrected chi connectivity index (χ3v) is 3.30. The van der Waals surface area contributed by atoms with Crippen molar-refractivity contribution in [3.05, 3.63) is 33.3 Å². The highest BCUT2D eigenvalue weighted by molar-refractivity contribution is 9.10. The number of rotatable bonds is 4. The summed E-state index contributed by atoms with van der Waals surface area (Å²) < 4.78 is 1.19. The smallest absolute Gasteiger partial charge is 0.0471 e. The predicted molar refractivity (Wildman–Crippen MR) is 63.7 cm³/mol. The highest BCUT2D eigenvalue weighted by atomic mass is 79.9. The van der Waals surface area contributed by atoms with Crippen LogP contribution in [-0.4, -0.2) is 11.7 Å². The molecule has 0 atom stereocenters. The van der Waals surface area contributed by atoms with Crippen molar-refractivity contribution in [1.29, 1.82) is 0 Å². The van der Waals surface area contributed by atoms with E-state index in [1.165, 1.54) is 21.2 Å². The van der Waals surface area contributed by atoms with Gasteiger partial charge in [-0.1, -0.05) is 35.8 Å². The zero-order valence-corrected chi connectivity index (χ0v) is 10.4. The van der Waals surface area contributed by atoms with Gasteiger partial charge in [0.1, 0.15) is 0 Å². The molecule has 1 aromatic carbocycles. The summed E-state index contributed by atoms with van der Waals surface area (Å²) in [6, 6.07) is 4.20. The Hall–Kier alpha value is -0.340. The molecule has 0 saturated carbocycles. The molecule has 0 aliphatic carbocycles. The zero-order valence-electron chi connectivity index (χ0n) is 8.81. The van der Waals surface area contributed by atoms with Crippen LogP contribution in [0.5, 0.6) is 0 Å². The molecule has 0 fully saturated rings. The van der Waals surface area contributed by atoms with E-state index >= 15 is 0 Å². The molecular weight excluding hydrogens is 240 g/mol. The molecule has 2 heteroatoms. The van der Waals surface area contributed by atoms with Crippen LogP contribution in [-0.2, 0) is 19.3 Å². The van der Waals surface area contributed by atoms with Crippen LogP contribution in [0.4, 0.5) is 0 Å². The predicted octanol–water partition coefficient (Wildman–Crippen LogP) is 3.11. The second kappa shape index (κ2) is 5.52. The summed E-state index contributed by atoms with van der Waals surface area (Å²) in [4.78, 5) is 0.